The second kappa shape index (κ2) is 6.27. The van der Waals surface area contributed by atoms with E-state index in [1.807, 2.05) is 19.1 Å². The summed E-state index contributed by atoms with van der Waals surface area (Å²) in [5, 5.41) is 13.9. The van der Waals surface area contributed by atoms with Crippen LogP contribution in [0.15, 0.2) is 72.8 Å². The van der Waals surface area contributed by atoms with Crippen LogP contribution in [0, 0.1) is 15.5 Å². The Labute approximate surface area is 168 Å². The predicted octanol–water partition coefficient (Wildman–Crippen LogP) is 5.22. The van der Waals surface area contributed by atoms with Crippen molar-refractivity contribution < 1.29 is 9.72 Å². The zero-order valence-electron chi connectivity index (χ0n) is 16.0. The Hall–Kier alpha value is -3.47. The molecule has 3 aliphatic carbocycles. The van der Waals surface area contributed by atoms with Crippen molar-refractivity contribution in [3.8, 4) is 0 Å². The van der Waals surface area contributed by atoms with Crippen LogP contribution in [-0.2, 0) is 4.79 Å². The molecule has 0 saturated carbocycles. The van der Waals surface area contributed by atoms with Crippen molar-refractivity contribution in [2.24, 2.45) is 5.41 Å². The summed E-state index contributed by atoms with van der Waals surface area (Å²) in [6.45, 7) is 2.04. The molecule has 0 spiro atoms. The van der Waals surface area contributed by atoms with Crippen molar-refractivity contribution in [2.45, 2.75) is 25.2 Å². The Morgan fingerprint density at radius 1 is 0.931 bits per heavy atom. The second-order valence-corrected chi connectivity index (χ2v) is 8.12. The third kappa shape index (κ3) is 2.58. The molecule has 3 aliphatic rings. The smallest absolute Gasteiger partial charge is 0.269 e. The Balaban J connectivity index is 1.54. The molecule has 29 heavy (non-hydrogen) atoms. The van der Waals surface area contributed by atoms with Crippen LogP contribution < -0.4 is 5.32 Å². The van der Waals surface area contributed by atoms with Gasteiger partial charge in [-0.15, -0.1) is 0 Å². The number of hydrogen-bond acceptors (Lipinski definition) is 3. The van der Waals surface area contributed by atoms with E-state index in [0.29, 0.717) is 5.69 Å². The molecule has 1 N–H and O–H groups in total. The molecule has 0 aliphatic heterocycles. The standard InChI is InChI=1S/C24H20N2O3/c1-24(23(27)25-15-10-12-16(13-11-15)26(28)29)14-21-17-6-2-4-8-19(17)22(24)20-9-5-3-7-18(20)21/h2-13,21-22H,14H2,1H3,(H,25,27). The molecule has 6 rings (SSSR count). The molecule has 0 radical (unpaired) electrons. The van der Waals surface area contributed by atoms with Crippen molar-refractivity contribution in [3.05, 3.63) is 105 Å². The van der Waals surface area contributed by atoms with Crippen molar-refractivity contribution >= 4 is 17.3 Å². The number of fused-ring (bicyclic) bond motifs is 1. The maximum Gasteiger partial charge on any atom is 0.269 e. The molecule has 3 aromatic carbocycles. The van der Waals surface area contributed by atoms with Crippen LogP contribution in [0.2, 0.25) is 0 Å². The number of nitro groups is 1. The molecule has 1 atom stereocenters. The number of benzene rings is 3. The monoisotopic (exact) mass is 384 g/mol. The highest BCUT2D eigenvalue weighted by Crippen LogP contribution is 2.61. The lowest BCUT2D eigenvalue weighted by Crippen LogP contribution is -2.47. The second-order valence-electron chi connectivity index (χ2n) is 8.12. The number of hydrogen-bond donors (Lipinski definition) is 1. The number of carbonyl (C=O) groups is 1. The number of amides is 1. The Morgan fingerprint density at radius 3 is 1.97 bits per heavy atom. The van der Waals surface area contributed by atoms with Gasteiger partial charge in [-0.05, 0) is 47.7 Å². The molecule has 5 nitrogen and oxygen atoms in total. The van der Waals surface area contributed by atoms with Crippen molar-refractivity contribution in [1.29, 1.82) is 0 Å². The van der Waals surface area contributed by atoms with Crippen molar-refractivity contribution in [2.75, 3.05) is 5.32 Å². The van der Waals surface area contributed by atoms with Gasteiger partial charge in [-0.25, -0.2) is 0 Å². The van der Waals surface area contributed by atoms with Crippen molar-refractivity contribution in [1.82, 2.24) is 0 Å². The fourth-order valence-electron chi connectivity index (χ4n) is 5.13. The number of carbonyl (C=O) groups excluding carboxylic acids is 1. The molecular weight excluding hydrogens is 364 g/mol. The lowest BCUT2D eigenvalue weighted by atomic mass is 9.52. The summed E-state index contributed by atoms with van der Waals surface area (Å²) < 4.78 is 0. The molecular formula is C24H20N2O3. The summed E-state index contributed by atoms with van der Waals surface area (Å²) in [4.78, 5) is 23.9. The summed E-state index contributed by atoms with van der Waals surface area (Å²) in [6, 6.07) is 22.8. The zero-order chi connectivity index (χ0) is 20.2. The maximum atomic E-state index is 13.5. The van der Waals surface area contributed by atoms with Crippen LogP contribution in [0.3, 0.4) is 0 Å². The van der Waals surface area contributed by atoms with Crippen LogP contribution in [0.1, 0.15) is 47.4 Å². The Morgan fingerprint density at radius 2 is 1.45 bits per heavy atom. The maximum absolute atomic E-state index is 13.5. The number of nitrogens with zero attached hydrogens (tertiary/aromatic N) is 1. The van der Waals surface area contributed by atoms with Gasteiger partial charge in [0.15, 0.2) is 0 Å². The summed E-state index contributed by atoms with van der Waals surface area (Å²) >= 11 is 0. The SMILES string of the molecule is CC1(C(=O)Nc2ccc([N+](=O)[O-])cc2)CC2c3ccccc3C1c1ccccc12. The zero-order valence-corrected chi connectivity index (χ0v) is 16.0. The molecule has 0 aromatic heterocycles. The van der Waals surface area contributed by atoms with Crippen LogP contribution in [-0.4, -0.2) is 10.8 Å². The lowest BCUT2D eigenvalue weighted by molar-refractivity contribution is -0.384. The van der Waals surface area contributed by atoms with E-state index in [1.165, 1.54) is 34.4 Å². The topological polar surface area (TPSA) is 72.2 Å². The summed E-state index contributed by atoms with van der Waals surface area (Å²) in [6.07, 6.45) is 0.741. The minimum absolute atomic E-state index is 0.00814. The van der Waals surface area contributed by atoms with Gasteiger partial charge in [-0.2, -0.15) is 0 Å². The minimum Gasteiger partial charge on any atom is -0.326 e. The molecule has 0 heterocycles. The fourth-order valence-corrected chi connectivity index (χ4v) is 5.13. The fraction of sp³-hybridized carbons (Fsp3) is 0.208. The van der Waals surface area contributed by atoms with E-state index in [9.17, 15) is 14.9 Å². The van der Waals surface area contributed by atoms with Gasteiger partial charge in [0.05, 0.1) is 10.3 Å². The first-order chi connectivity index (χ1) is 14.0. The predicted molar refractivity (Wildman–Crippen MR) is 111 cm³/mol. The number of non-ortho nitro benzene ring substituents is 1. The number of nitro benzene ring substituents is 1. The molecule has 1 amide bonds. The van der Waals surface area contributed by atoms with E-state index in [0.717, 1.165) is 6.42 Å². The third-order valence-electron chi connectivity index (χ3n) is 6.48. The minimum atomic E-state index is -0.602. The van der Waals surface area contributed by atoms with E-state index in [-0.39, 0.29) is 23.4 Å². The summed E-state index contributed by atoms with van der Waals surface area (Å²) in [7, 11) is 0. The van der Waals surface area contributed by atoms with E-state index in [2.05, 4.69) is 41.7 Å². The van der Waals surface area contributed by atoms with Gasteiger partial charge in [0.25, 0.3) is 5.69 Å². The number of nitrogens with one attached hydrogen (secondary N) is 1. The molecule has 0 saturated heterocycles. The van der Waals surface area contributed by atoms with Crippen LogP contribution >= 0.6 is 0 Å². The average Bonchev–Trinajstić information content (AvgIpc) is 2.74. The van der Waals surface area contributed by atoms with Crippen LogP contribution in [0.4, 0.5) is 11.4 Å². The number of anilines is 1. The molecule has 5 heteroatoms. The molecule has 3 aromatic rings. The highest BCUT2D eigenvalue weighted by molar-refractivity contribution is 5.97. The molecule has 144 valence electrons. The van der Waals surface area contributed by atoms with E-state index in [4.69, 9.17) is 0 Å². The van der Waals surface area contributed by atoms with E-state index >= 15 is 0 Å². The van der Waals surface area contributed by atoms with Gasteiger partial charge < -0.3 is 5.32 Å². The summed E-state index contributed by atoms with van der Waals surface area (Å²) in [5.41, 5.74) is 5.06. The first-order valence-electron chi connectivity index (χ1n) is 9.72. The largest absolute Gasteiger partial charge is 0.326 e. The first kappa shape index (κ1) is 17.6. The third-order valence-corrected chi connectivity index (χ3v) is 6.48. The van der Waals surface area contributed by atoms with Gasteiger partial charge in [-0.1, -0.05) is 48.5 Å². The highest BCUT2D eigenvalue weighted by atomic mass is 16.6. The van der Waals surface area contributed by atoms with E-state index < -0.39 is 10.3 Å². The molecule has 2 bridgehead atoms. The average molecular weight is 384 g/mol. The van der Waals surface area contributed by atoms with Gasteiger partial charge in [0, 0.05) is 29.7 Å². The van der Waals surface area contributed by atoms with Gasteiger partial charge in [0.1, 0.15) is 0 Å². The highest BCUT2D eigenvalue weighted by Gasteiger charge is 2.53. The Bertz CT molecular complexity index is 1090. The Kier molecular flexibility index (Phi) is 3.81. The lowest BCUT2D eigenvalue weighted by Gasteiger charge is -2.50. The summed E-state index contributed by atoms with van der Waals surface area (Å²) in [5.74, 6) is 0.128. The van der Waals surface area contributed by atoms with Crippen LogP contribution in [0.5, 0.6) is 0 Å². The van der Waals surface area contributed by atoms with Gasteiger partial charge in [-0.3, -0.25) is 14.9 Å². The number of rotatable bonds is 3. The quantitative estimate of drug-likeness (QED) is 0.497. The molecule has 1 unspecified atom stereocenters. The molecule has 0 fully saturated rings. The normalized spacial score (nSPS) is 23.8. The first-order valence-corrected chi connectivity index (χ1v) is 9.72. The van der Waals surface area contributed by atoms with Crippen LogP contribution in [0.25, 0.3) is 0 Å². The van der Waals surface area contributed by atoms with E-state index in [1.54, 1.807) is 12.1 Å². The van der Waals surface area contributed by atoms with Gasteiger partial charge in [0.2, 0.25) is 5.91 Å². The van der Waals surface area contributed by atoms with Gasteiger partial charge >= 0.3 is 0 Å². The van der Waals surface area contributed by atoms with Crippen molar-refractivity contribution in [3.63, 3.8) is 0 Å².